The number of aliphatic hydroxyl groups is 1. The Kier molecular flexibility index (Phi) is 4.26. The number of rotatable bonds is 4. The minimum Gasteiger partial charge on any atom is -0.478 e. The summed E-state index contributed by atoms with van der Waals surface area (Å²) in [7, 11) is 0. The Bertz CT molecular complexity index is 482. The monoisotopic (exact) mass is 296 g/mol. The smallest absolute Gasteiger partial charge is 0.336 e. The van der Waals surface area contributed by atoms with Crippen LogP contribution in [0.5, 0.6) is 0 Å². The number of carboxylic acid groups (broad SMARTS) is 1. The number of hydrogen-bond acceptors (Lipinski definition) is 3. The molecule has 1 fully saturated rings. The van der Waals surface area contributed by atoms with E-state index in [1.807, 2.05) is 0 Å². The molecule has 112 valence electrons. The van der Waals surface area contributed by atoms with Gasteiger partial charge in [-0.15, -0.1) is 11.3 Å². The SMILES string of the molecule is CCC(C)(C)C1CCC(O)(c2sccc2C(=O)O)CC1. The normalized spacial score (nSPS) is 27.5. The van der Waals surface area contributed by atoms with Crippen molar-refractivity contribution < 1.29 is 15.0 Å². The molecular formula is C16H24O3S. The number of carboxylic acids is 1. The van der Waals surface area contributed by atoms with E-state index in [1.54, 1.807) is 11.4 Å². The molecule has 0 radical (unpaired) electrons. The van der Waals surface area contributed by atoms with Crippen molar-refractivity contribution in [2.45, 2.75) is 58.5 Å². The molecule has 1 heterocycles. The van der Waals surface area contributed by atoms with Crippen LogP contribution in [0.2, 0.25) is 0 Å². The standard InChI is InChI=1S/C16H24O3S/c1-4-15(2,3)11-5-8-16(19,9-6-11)13-12(14(17)18)7-10-20-13/h7,10-11,19H,4-6,8-9H2,1-3H3,(H,17,18). The van der Waals surface area contributed by atoms with Crippen molar-refractivity contribution in [1.29, 1.82) is 0 Å². The van der Waals surface area contributed by atoms with Crippen LogP contribution in [0.1, 0.15) is 68.1 Å². The second-order valence-electron chi connectivity index (χ2n) is 6.62. The van der Waals surface area contributed by atoms with Crippen molar-refractivity contribution in [2.75, 3.05) is 0 Å². The van der Waals surface area contributed by atoms with Gasteiger partial charge in [-0.25, -0.2) is 4.79 Å². The molecule has 0 bridgehead atoms. The molecule has 2 N–H and O–H groups in total. The van der Waals surface area contributed by atoms with Crippen LogP contribution < -0.4 is 0 Å². The number of carbonyl (C=O) groups is 1. The summed E-state index contributed by atoms with van der Waals surface area (Å²) >= 11 is 1.37. The van der Waals surface area contributed by atoms with Crippen molar-refractivity contribution in [3.05, 3.63) is 21.9 Å². The maximum Gasteiger partial charge on any atom is 0.336 e. The molecule has 0 amide bonds. The minimum atomic E-state index is -0.942. The molecule has 1 aromatic heterocycles. The number of aromatic carboxylic acids is 1. The van der Waals surface area contributed by atoms with Gasteiger partial charge in [0.2, 0.25) is 0 Å². The maximum absolute atomic E-state index is 11.2. The lowest BCUT2D eigenvalue weighted by molar-refractivity contribution is -0.0307. The minimum absolute atomic E-state index is 0.269. The molecule has 1 saturated carbocycles. The summed E-state index contributed by atoms with van der Waals surface area (Å²) in [5, 5.41) is 21.8. The third kappa shape index (κ3) is 2.77. The van der Waals surface area contributed by atoms with Gasteiger partial charge in [-0.3, -0.25) is 0 Å². The summed E-state index contributed by atoms with van der Waals surface area (Å²) in [5.74, 6) is -0.327. The van der Waals surface area contributed by atoms with Crippen LogP contribution in [0.3, 0.4) is 0 Å². The molecule has 0 aliphatic heterocycles. The van der Waals surface area contributed by atoms with Crippen molar-refractivity contribution in [3.8, 4) is 0 Å². The third-order valence-corrected chi connectivity index (χ3v) is 6.26. The zero-order valence-electron chi connectivity index (χ0n) is 12.5. The zero-order chi connectivity index (χ0) is 15.0. The van der Waals surface area contributed by atoms with Crippen molar-refractivity contribution in [2.24, 2.45) is 11.3 Å². The molecule has 0 unspecified atom stereocenters. The first kappa shape index (κ1) is 15.5. The highest BCUT2D eigenvalue weighted by Crippen LogP contribution is 2.48. The van der Waals surface area contributed by atoms with E-state index in [-0.39, 0.29) is 5.56 Å². The largest absolute Gasteiger partial charge is 0.478 e. The van der Waals surface area contributed by atoms with Crippen LogP contribution in [-0.2, 0) is 5.60 Å². The van der Waals surface area contributed by atoms with Gasteiger partial charge < -0.3 is 10.2 Å². The second kappa shape index (κ2) is 5.49. The summed E-state index contributed by atoms with van der Waals surface area (Å²) in [6.07, 6.45) is 4.40. The van der Waals surface area contributed by atoms with Crippen molar-refractivity contribution >= 4 is 17.3 Å². The molecule has 4 heteroatoms. The van der Waals surface area contributed by atoms with Gasteiger partial charge in [0, 0.05) is 0 Å². The van der Waals surface area contributed by atoms with Gasteiger partial charge in [0.15, 0.2) is 0 Å². The summed E-state index contributed by atoms with van der Waals surface area (Å²) in [6, 6.07) is 1.60. The molecule has 1 aliphatic carbocycles. The van der Waals surface area contributed by atoms with Crippen LogP contribution in [0, 0.1) is 11.3 Å². The van der Waals surface area contributed by atoms with Gasteiger partial charge in [0.1, 0.15) is 0 Å². The fourth-order valence-corrected chi connectivity index (χ4v) is 4.28. The van der Waals surface area contributed by atoms with E-state index in [1.165, 1.54) is 11.3 Å². The fourth-order valence-electron chi connectivity index (χ4n) is 3.23. The average molecular weight is 296 g/mol. The van der Waals surface area contributed by atoms with E-state index in [0.29, 0.717) is 29.1 Å². The topological polar surface area (TPSA) is 57.5 Å². The molecule has 2 rings (SSSR count). The van der Waals surface area contributed by atoms with Crippen LogP contribution in [0.15, 0.2) is 11.4 Å². The quantitative estimate of drug-likeness (QED) is 0.872. The van der Waals surface area contributed by atoms with Gasteiger partial charge in [-0.05, 0) is 48.5 Å². The molecule has 20 heavy (non-hydrogen) atoms. The number of hydrogen-bond donors (Lipinski definition) is 2. The Morgan fingerprint density at radius 1 is 1.45 bits per heavy atom. The van der Waals surface area contributed by atoms with Gasteiger partial charge in [-0.2, -0.15) is 0 Å². The Morgan fingerprint density at radius 3 is 2.55 bits per heavy atom. The highest BCUT2D eigenvalue weighted by atomic mass is 32.1. The molecule has 1 aliphatic rings. The predicted octanol–water partition coefficient (Wildman–Crippen LogP) is 4.26. The van der Waals surface area contributed by atoms with Gasteiger partial charge in [0.05, 0.1) is 16.0 Å². The van der Waals surface area contributed by atoms with Crippen LogP contribution in [0.4, 0.5) is 0 Å². The second-order valence-corrected chi connectivity index (χ2v) is 7.53. The van der Waals surface area contributed by atoms with E-state index in [4.69, 9.17) is 0 Å². The van der Waals surface area contributed by atoms with E-state index < -0.39 is 11.6 Å². The molecule has 3 nitrogen and oxygen atoms in total. The highest BCUT2D eigenvalue weighted by molar-refractivity contribution is 7.10. The Balaban J connectivity index is 2.16. The fraction of sp³-hybridized carbons (Fsp3) is 0.688. The number of thiophene rings is 1. The predicted molar refractivity (Wildman–Crippen MR) is 81.2 cm³/mol. The molecule has 0 atom stereocenters. The first-order chi connectivity index (χ1) is 9.30. The van der Waals surface area contributed by atoms with Crippen LogP contribution >= 0.6 is 11.3 Å². The van der Waals surface area contributed by atoms with Gasteiger partial charge in [-0.1, -0.05) is 27.2 Å². The lowest BCUT2D eigenvalue weighted by Crippen LogP contribution is -2.36. The van der Waals surface area contributed by atoms with Crippen molar-refractivity contribution in [1.82, 2.24) is 0 Å². The third-order valence-electron chi connectivity index (χ3n) is 5.15. The van der Waals surface area contributed by atoms with Crippen molar-refractivity contribution in [3.63, 3.8) is 0 Å². The summed E-state index contributed by atoms with van der Waals surface area (Å²) in [6.45, 7) is 6.79. The molecule has 0 saturated heterocycles. The summed E-state index contributed by atoms with van der Waals surface area (Å²) < 4.78 is 0. The molecule has 1 aromatic rings. The molecule has 0 spiro atoms. The zero-order valence-corrected chi connectivity index (χ0v) is 13.3. The van der Waals surface area contributed by atoms with Crippen LogP contribution in [-0.4, -0.2) is 16.2 Å². The molecular weight excluding hydrogens is 272 g/mol. The van der Waals surface area contributed by atoms with E-state index in [0.717, 1.165) is 19.3 Å². The maximum atomic E-state index is 11.2. The first-order valence-electron chi connectivity index (χ1n) is 7.34. The average Bonchev–Trinajstić information content (AvgIpc) is 2.89. The van der Waals surface area contributed by atoms with E-state index in [9.17, 15) is 15.0 Å². The van der Waals surface area contributed by atoms with E-state index >= 15 is 0 Å². The van der Waals surface area contributed by atoms with Crippen LogP contribution in [0.25, 0.3) is 0 Å². The highest BCUT2D eigenvalue weighted by Gasteiger charge is 2.41. The Labute approximate surface area is 124 Å². The molecule has 0 aromatic carbocycles. The van der Waals surface area contributed by atoms with Gasteiger partial charge in [0.25, 0.3) is 0 Å². The Morgan fingerprint density at radius 2 is 2.05 bits per heavy atom. The Hall–Kier alpha value is -0.870. The van der Waals surface area contributed by atoms with E-state index in [2.05, 4.69) is 20.8 Å². The summed E-state index contributed by atoms with van der Waals surface area (Å²) in [4.78, 5) is 11.9. The van der Waals surface area contributed by atoms with Gasteiger partial charge >= 0.3 is 5.97 Å². The first-order valence-corrected chi connectivity index (χ1v) is 8.22. The summed E-state index contributed by atoms with van der Waals surface area (Å²) in [5.41, 5.74) is -0.375. The lowest BCUT2D eigenvalue weighted by atomic mass is 9.66. The lowest BCUT2D eigenvalue weighted by Gasteiger charge is -2.42.